The maximum Gasteiger partial charge on any atom is 0.171 e. The van der Waals surface area contributed by atoms with E-state index < -0.39 is 0 Å². The van der Waals surface area contributed by atoms with Crippen molar-refractivity contribution in [2.45, 2.75) is 110 Å². The zero-order valence-corrected chi connectivity index (χ0v) is 19.4. The average molecular weight is 401 g/mol. The zero-order chi connectivity index (χ0) is 20.0. The second-order valence-electron chi connectivity index (χ2n) is 12.9. The second-order valence-corrected chi connectivity index (χ2v) is 12.9. The molecule has 0 N–H and O–H groups in total. The first-order chi connectivity index (χ1) is 13.9. The third kappa shape index (κ3) is 2.54. The molecule has 2 aliphatic heterocycles. The molecular weight excluding hydrogens is 356 g/mol. The first kappa shape index (κ1) is 19.6. The molecule has 0 aromatic rings. The van der Waals surface area contributed by atoms with Gasteiger partial charge in [-0.2, -0.15) is 0 Å². The summed E-state index contributed by atoms with van der Waals surface area (Å²) in [4.78, 5) is 0. The van der Waals surface area contributed by atoms with Crippen LogP contribution in [0.5, 0.6) is 0 Å². The molecule has 6 rings (SSSR count). The van der Waals surface area contributed by atoms with Gasteiger partial charge in [0.15, 0.2) is 5.79 Å². The summed E-state index contributed by atoms with van der Waals surface area (Å²) in [6.07, 6.45) is 16.2. The molecule has 4 saturated carbocycles. The molecule has 2 saturated heterocycles. The Morgan fingerprint density at radius 1 is 0.793 bits per heavy atom. The van der Waals surface area contributed by atoms with E-state index in [9.17, 15) is 0 Å². The molecule has 1 spiro atoms. The van der Waals surface area contributed by atoms with Crippen LogP contribution in [0.2, 0.25) is 0 Å². The van der Waals surface area contributed by atoms with Gasteiger partial charge in [0.1, 0.15) is 0 Å². The van der Waals surface area contributed by atoms with Crippen LogP contribution in [-0.4, -0.2) is 18.5 Å². The Balaban J connectivity index is 1.27. The molecule has 4 aliphatic carbocycles. The maximum absolute atomic E-state index is 6.92. The number of hydrogen-bond acceptors (Lipinski definition) is 2. The van der Waals surface area contributed by atoms with Crippen molar-refractivity contribution in [2.75, 3.05) is 6.61 Å². The third-order valence-electron chi connectivity index (χ3n) is 11.9. The summed E-state index contributed by atoms with van der Waals surface area (Å²) in [5, 5.41) is 0. The van der Waals surface area contributed by atoms with Crippen LogP contribution >= 0.6 is 0 Å². The first-order valence-corrected chi connectivity index (χ1v) is 13.2. The fraction of sp³-hybridized carbons (Fsp3) is 1.00. The van der Waals surface area contributed by atoms with Crippen molar-refractivity contribution in [3.05, 3.63) is 0 Å². The van der Waals surface area contributed by atoms with Crippen molar-refractivity contribution in [1.82, 2.24) is 0 Å². The molecule has 6 fully saturated rings. The molecule has 2 heteroatoms. The predicted molar refractivity (Wildman–Crippen MR) is 116 cm³/mol. The van der Waals surface area contributed by atoms with Gasteiger partial charge >= 0.3 is 0 Å². The lowest BCUT2D eigenvalue weighted by atomic mass is 9.44. The quantitative estimate of drug-likeness (QED) is 0.444. The minimum absolute atomic E-state index is 0.250. The van der Waals surface area contributed by atoms with Crippen LogP contribution < -0.4 is 0 Å². The average Bonchev–Trinajstić information content (AvgIpc) is 3.15. The summed E-state index contributed by atoms with van der Waals surface area (Å²) in [5.74, 6) is 5.62. The Kier molecular flexibility index (Phi) is 4.37. The predicted octanol–water partition coefficient (Wildman–Crippen LogP) is 6.82. The van der Waals surface area contributed by atoms with Crippen LogP contribution in [-0.2, 0) is 9.47 Å². The smallest absolute Gasteiger partial charge is 0.171 e. The highest BCUT2D eigenvalue weighted by atomic mass is 16.7. The van der Waals surface area contributed by atoms with E-state index in [0.29, 0.717) is 28.8 Å². The van der Waals surface area contributed by atoms with Gasteiger partial charge in [-0.05, 0) is 97.7 Å². The Morgan fingerprint density at radius 2 is 1.66 bits per heavy atom. The Morgan fingerprint density at radius 3 is 2.45 bits per heavy atom. The van der Waals surface area contributed by atoms with Crippen LogP contribution in [0.25, 0.3) is 0 Å². The molecule has 29 heavy (non-hydrogen) atoms. The minimum atomic E-state index is -0.250. The monoisotopic (exact) mass is 400 g/mol. The van der Waals surface area contributed by atoms with E-state index in [0.717, 1.165) is 42.6 Å². The zero-order valence-electron chi connectivity index (χ0n) is 19.4. The number of fused-ring (bicyclic) bond motifs is 7. The third-order valence-corrected chi connectivity index (χ3v) is 11.9. The fourth-order valence-corrected chi connectivity index (χ4v) is 10.3. The van der Waals surface area contributed by atoms with Gasteiger partial charge in [0.25, 0.3) is 0 Å². The van der Waals surface area contributed by atoms with E-state index in [4.69, 9.17) is 9.47 Å². The first-order valence-electron chi connectivity index (χ1n) is 13.2. The highest BCUT2D eigenvalue weighted by molar-refractivity contribution is 5.15. The molecule has 0 amide bonds. The minimum Gasteiger partial charge on any atom is -0.349 e. The van der Waals surface area contributed by atoms with Gasteiger partial charge in [-0.15, -0.1) is 0 Å². The molecule has 164 valence electrons. The Hall–Kier alpha value is -0.0800. The molecule has 0 aromatic carbocycles. The van der Waals surface area contributed by atoms with Crippen LogP contribution in [0, 0.1) is 52.3 Å². The fourth-order valence-electron chi connectivity index (χ4n) is 10.3. The lowest BCUT2D eigenvalue weighted by molar-refractivity contribution is -0.273. The van der Waals surface area contributed by atoms with E-state index in [1.165, 1.54) is 64.2 Å². The van der Waals surface area contributed by atoms with Gasteiger partial charge in [-0.25, -0.2) is 0 Å². The number of rotatable bonds is 0. The molecular formula is C27H44O2. The summed E-state index contributed by atoms with van der Waals surface area (Å²) < 4.78 is 13.4. The lowest BCUT2D eigenvalue weighted by Crippen LogP contribution is -2.54. The molecule has 0 aromatic heterocycles. The van der Waals surface area contributed by atoms with Gasteiger partial charge in [0.05, 0.1) is 12.7 Å². The van der Waals surface area contributed by atoms with Gasteiger partial charge in [-0.1, -0.05) is 40.5 Å². The van der Waals surface area contributed by atoms with Gasteiger partial charge in [-0.3, -0.25) is 0 Å². The van der Waals surface area contributed by atoms with Crippen molar-refractivity contribution < 1.29 is 9.47 Å². The SMILES string of the molecule is CC1C2[C@H](C[C@H]3[C@@H]4CC[C@@H]5CCCC[C@]5(C)[C@H]4CCC23C)O[C@]12CC[C@@H](C)CO2. The van der Waals surface area contributed by atoms with Crippen LogP contribution in [0.4, 0.5) is 0 Å². The molecule has 11 atom stereocenters. The van der Waals surface area contributed by atoms with Gasteiger partial charge in [0, 0.05) is 12.3 Å². The van der Waals surface area contributed by atoms with Crippen LogP contribution in [0.1, 0.15) is 98.3 Å². The van der Waals surface area contributed by atoms with Crippen molar-refractivity contribution >= 4 is 0 Å². The summed E-state index contributed by atoms with van der Waals surface area (Å²) in [7, 11) is 0. The van der Waals surface area contributed by atoms with Crippen molar-refractivity contribution in [1.29, 1.82) is 0 Å². The number of hydrogen-bond donors (Lipinski definition) is 0. The highest BCUT2D eigenvalue weighted by Crippen LogP contribution is 2.71. The van der Waals surface area contributed by atoms with Crippen molar-refractivity contribution in [2.24, 2.45) is 52.3 Å². The highest BCUT2D eigenvalue weighted by Gasteiger charge is 2.68. The van der Waals surface area contributed by atoms with E-state index in [1.807, 2.05) is 0 Å². The summed E-state index contributed by atoms with van der Waals surface area (Å²) in [5.41, 5.74) is 1.13. The molecule has 6 aliphatic rings. The van der Waals surface area contributed by atoms with Gasteiger partial charge < -0.3 is 9.47 Å². The summed E-state index contributed by atoms with van der Waals surface area (Å²) >= 11 is 0. The molecule has 0 bridgehead atoms. The number of ether oxygens (including phenoxy) is 2. The van der Waals surface area contributed by atoms with Crippen LogP contribution in [0.15, 0.2) is 0 Å². The normalized spacial score (nSPS) is 61.7. The van der Waals surface area contributed by atoms with E-state index >= 15 is 0 Å². The largest absolute Gasteiger partial charge is 0.349 e. The summed E-state index contributed by atoms with van der Waals surface area (Å²) in [6, 6.07) is 0. The topological polar surface area (TPSA) is 18.5 Å². The molecule has 2 nitrogen and oxygen atoms in total. The van der Waals surface area contributed by atoms with Crippen LogP contribution in [0.3, 0.4) is 0 Å². The lowest BCUT2D eigenvalue weighted by Gasteiger charge is -2.61. The van der Waals surface area contributed by atoms with E-state index in [1.54, 1.807) is 0 Å². The molecule has 0 radical (unpaired) electrons. The Bertz CT molecular complexity index is 651. The maximum atomic E-state index is 6.92. The standard InChI is InChI=1S/C27H44O2/c1-17-10-14-27(28-16-17)18(2)24-23(29-27)15-22-20-9-8-19-7-5-6-12-25(19,3)21(20)11-13-26(22,24)4/h17-24H,5-16H2,1-4H3/t17-,18?,19+,20-,21+,22+,23+,24?,25+,26?,27-/m1/s1. The van der Waals surface area contributed by atoms with E-state index in [2.05, 4.69) is 27.7 Å². The Labute approximate surface area is 178 Å². The van der Waals surface area contributed by atoms with E-state index in [-0.39, 0.29) is 5.79 Å². The summed E-state index contributed by atoms with van der Waals surface area (Å²) in [6.45, 7) is 11.1. The molecule has 3 unspecified atom stereocenters. The van der Waals surface area contributed by atoms with Crippen molar-refractivity contribution in [3.63, 3.8) is 0 Å². The van der Waals surface area contributed by atoms with Crippen molar-refractivity contribution in [3.8, 4) is 0 Å². The molecule has 2 heterocycles. The van der Waals surface area contributed by atoms with Gasteiger partial charge in [0.2, 0.25) is 0 Å². The second kappa shape index (κ2) is 6.47.